The van der Waals surface area contributed by atoms with Crippen LogP contribution < -0.4 is 0 Å². The number of Topliss-reactive ketones (excluding diaryl/α,β-unsaturated/α-hetero) is 1. The first kappa shape index (κ1) is 32.2. The number of aliphatic hydroxyl groups is 1. The van der Waals surface area contributed by atoms with E-state index in [4.69, 9.17) is 0 Å². The van der Waals surface area contributed by atoms with E-state index in [-0.39, 0.29) is 12.1 Å². The number of aliphatic hydroxyl groups excluding tert-OH is 1. The molecule has 1 saturated carbocycles. The molecule has 0 bridgehead atoms. The summed E-state index contributed by atoms with van der Waals surface area (Å²) in [6.45, 7) is 12.9. The maximum Gasteiger partial charge on any atom is 0.179 e. The van der Waals surface area contributed by atoms with Crippen LogP contribution in [0.2, 0.25) is 0 Å². The number of carbonyl (C=O) groups is 1. The summed E-state index contributed by atoms with van der Waals surface area (Å²) in [5.74, 6) is 1.25. The van der Waals surface area contributed by atoms with Crippen molar-refractivity contribution in [2.45, 2.75) is 111 Å². The van der Waals surface area contributed by atoms with Gasteiger partial charge in [-0.1, -0.05) is 86.5 Å². The Bertz CT molecular complexity index is 1200. The van der Waals surface area contributed by atoms with Gasteiger partial charge in [0.05, 0.1) is 17.8 Å². The van der Waals surface area contributed by atoms with Crippen molar-refractivity contribution < 1.29 is 9.90 Å². The molecule has 5 atom stereocenters. The summed E-state index contributed by atoms with van der Waals surface area (Å²) in [4.78, 5) is 18.9. The second-order valence-corrected chi connectivity index (χ2v) is 12.9. The Morgan fingerprint density at radius 1 is 1.02 bits per heavy atom. The Morgan fingerprint density at radius 2 is 1.79 bits per heavy atom. The number of allylic oxidation sites excluding steroid dienone is 3. The van der Waals surface area contributed by atoms with Crippen LogP contribution in [-0.4, -0.2) is 45.9 Å². The van der Waals surface area contributed by atoms with Gasteiger partial charge in [0.1, 0.15) is 0 Å². The number of carbonyl (C=O) groups excluding carboxylic acids is 1. The smallest absolute Gasteiger partial charge is 0.179 e. The lowest BCUT2D eigenvalue weighted by Gasteiger charge is -2.36. The Kier molecular flexibility index (Phi) is 12.0. The topological polar surface area (TPSA) is 43.8 Å². The fraction of sp³-hybridized carbons (Fsp3) is 0.553. The third kappa shape index (κ3) is 8.45. The molecule has 4 rings (SSSR count). The fourth-order valence-electron chi connectivity index (χ4n) is 6.99. The summed E-state index contributed by atoms with van der Waals surface area (Å²) < 4.78 is 0. The number of hydrogen-bond acceptors (Lipinski definition) is 4. The van der Waals surface area contributed by atoms with Crippen LogP contribution >= 0.6 is 0 Å². The van der Waals surface area contributed by atoms with Gasteiger partial charge >= 0.3 is 0 Å². The molecular formula is C38H54N2O2. The van der Waals surface area contributed by atoms with Gasteiger partial charge < -0.3 is 14.9 Å². The van der Waals surface area contributed by atoms with E-state index in [1.807, 2.05) is 6.92 Å². The monoisotopic (exact) mass is 570 g/mol. The normalized spacial score (nSPS) is 23.1. The molecule has 1 heterocycles. The Balaban J connectivity index is 1.46. The van der Waals surface area contributed by atoms with E-state index >= 15 is 0 Å². The molecule has 4 nitrogen and oxygen atoms in total. The van der Waals surface area contributed by atoms with E-state index in [9.17, 15) is 9.90 Å². The number of ketones is 1. The molecule has 1 aliphatic carbocycles. The van der Waals surface area contributed by atoms with E-state index in [2.05, 4.69) is 104 Å². The SMILES string of the molecule is CCN(CCC(C)O)C1CCCC(CC(=O)C2=CCCC=CN2C(C)c2ccccc2-c2ccc(C)cc2)C(C)CC1. The molecule has 0 aromatic heterocycles. The van der Waals surface area contributed by atoms with E-state index in [0.29, 0.717) is 30.1 Å². The zero-order chi connectivity index (χ0) is 30.1. The first-order chi connectivity index (χ1) is 20.3. The summed E-state index contributed by atoms with van der Waals surface area (Å²) in [5, 5.41) is 9.80. The van der Waals surface area contributed by atoms with Crippen LogP contribution in [0.4, 0.5) is 0 Å². The minimum Gasteiger partial charge on any atom is -0.393 e. The van der Waals surface area contributed by atoms with Crippen molar-refractivity contribution in [2.24, 2.45) is 11.8 Å². The third-order valence-corrected chi connectivity index (χ3v) is 9.77. The Morgan fingerprint density at radius 3 is 2.52 bits per heavy atom. The molecule has 5 unspecified atom stereocenters. The minimum absolute atomic E-state index is 0.0456. The average molecular weight is 571 g/mol. The van der Waals surface area contributed by atoms with Gasteiger partial charge in [-0.2, -0.15) is 0 Å². The van der Waals surface area contributed by atoms with Crippen LogP contribution in [0.3, 0.4) is 0 Å². The molecule has 0 saturated heterocycles. The van der Waals surface area contributed by atoms with Crippen LogP contribution in [0.5, 0.6) is 0 Å². The van der Waals surface area contributed by atoms with Crippen molar-refractivity contribution >= 4 is 5.78 Å². The summed E-state index contributed by atoms with van der Waals surface area (Å²) in [5.41, 5.74) is 5.82. The molecule has 0 amide bonds. The maximum absolute atomic E-state index is 14.1. The van der Waals surface area contributed by atoms with Gasteiger partial charge in [-0.3, -0.25) is 4.79 Å². The first-order valence-electron chi connectivity index (χ1n) is 16.5. The van der Waals surface area contributed by atoms with E-state index in [1.165, 1.54) is 41.5 Å². The molecule has 4 heteroatoms. The highest BCUT2D eigenvalue weighted by Gasteiger charge is 2.30. The lowest BCUT2D eigenvalue weighted by molar-refractivity contribution is -0.118. The second-order valence-electron chi connectivity index (χ2n) is 12.9. The maximum atomic E-state index is 14.1. The molecule has 42 heavy (non-hydrogen) atoms. The van der Waals surface area contributed by atoms with Gasteiger partial charge in [-0.05, 0) is 101 Å². The number of rotatable bonds is 11. The minimum atomic E-state index is -0.242. The molecule has 2 aromatic carbocycles. The Labute approximate surface area is 255 Å². The van der Waals surface area contributed by atoms with Gasteiger partial charge in [0.25, 0.3) is 0 Å². The van der Waals surface area contributed by atoms with Crippen LogP contribution in [-0.2, 0) is 4.79 Å². The van der Waals surface area contributed by atoms with Crippen molar-refractivity contribution in [3.63, 3.8) is 0 Å². The lowest BCUT2D eigenvalue weighted by atomic mass is 9.78. The number of hydrogen-bond donors (Lipinski definition) is 1. The summed E-state index contributed by atoms with van der Waals surface area (Å²) >= 11 is 0. The zero-order valence-corrected chi connectivity index (χ0v) is 26.8. The predicted octanol–water partition coefficient (Wildman–Crippen LogP) is 8.85. The highest BCUT2D eigenvalue weighted by Crippen LogP contribution is 2.37. The molecule has 0 spiro atoms. The van der Waals surface area contributed by atoms with Crippen LogP contribution in [0, 0.1) is 18.8 Å². The molecular weight excluding hydrogens is 516 g/mol. The predicted molar refractivity (Wildman–Crippen MR) is 176 cm³/mol. The quantitative estimate of drug-likeness (QED) is 0.293. The van der Waals surface area contributed by atoms with Crippen LogP contribution in [0.25, 0.3) is 11.1 Å². The highest BCUT2D eigenvalue weighted by atomic mass is 16.3. The summed E-state index contributed by atoms with van der Waals surface area (Å²) in [7, 11) is 0. The van der Waals surface area contributed by atoms with E-state index in [0.717, 1.165) is 50.9 Å². The van der Waals surface area contributed by atoms with E-state index in [1.54, 1.807) is 0 Å². The molecule has 1 N–H and O–H groups in total. The number of benzene rings is 2. The zero-order valence-electron chi connectivity index (χ0n) is 26.8. The molecule has 0 radical (unpaired) electrons. The highest BCUT2D eigenvalue weighted by molar-refractivity contribution is 5.95. The standard InChI is InChI=1S/C38H54N2O2/c1-6-39(26-24-30(4)41)34-14-12-13-33(29(3)20-23-34)27-38(42)37-17-8-7-11-25-40(37)31(5)35-15-9-10-16-36(35)32-21-18-28(2)19-22-32/h9-11,15-19,21-22,25,29-31,33-34,41H,6-8,12-14,20,23-24,26-27H2,1-5H3. The van der Waals surface area contributed by atoms with Crippen molar-refractivity contribution in [1.82, 2.24) is 9.80 Å². The van der Waals surface area contributed by atoms with Crippen LogP contribution in [0.15, 0.2) is 72.6 Å². The van der Waals surface area contributed by atoms with Crippen LogP contribution in [0.1, 0.15) is 103 Å². The van der Waals surface area contributed by atoms with Crippen molar-refractivity contribution in [1.29, 1.82) is 0 Å². The first-order valence-corrected chi connectivity index (χ1v) is 16.5. The van der Waals surface area contributed by atoms with Gasteiger partial charge in [0.15, 0.2) is 5.78 Å². The molecule has 2 aliphatic rings. The fourth-order valence-corrected chi connectivity index (χ4v) is 6.99. The lowest BCUT2D eigenvalue weighted by Crippen LogP contribution is -2.38. The largest absolute Gasteiger partial charge is 0.393 e. The van der Waals surface area contributed by atoms with Gasteiger partial charge in [-0.15, -0.1) is 0 Å². The van der Waals surface area contributed by atoms with E-state index < -0.39 is 0 Å². The molecule has 2 aromatic rings. The molecule has 1 aliphatic heterocycles. The molecule has 228 valence electrons. The summed E-state index contributed by atoms with van der Waals surface area (Å²) in [6.07, 6.45) is 15.5. The van der Waals surface area contributed by atoms with Gasteiger partial charge in [-0.25, -0.2) is 0 Å². The summed E-state index contributed by atoms with van der Waals surface area (Å²) in [6, 6.07) is 18.0. The number of nitrogens with zero attached hydrogens (tertiary/aromatic N) is 2. The van der Waals surface area contributed by atoms with Crippen molar-refractivity contribution in [3.05, 3.63) is 83.7 Å². The van der Waals surface area contributed by atoms with Crippen molar-refractivity contribution in [3.8, 4) is 11.1 Å². The number of aryl methyl sites for hydroxylation is 1. The van der Waals surface area contributed by atoms with Crippen molar-refractivity contribution in [2.75, 3.05) is 13.1 Å². The average Bonchev–Trinajstić information content (AvgIpc) is 3.24. The Hall–Kier alpha value is -2.69. The van der Waals surface area contributed by atoms with Gasteiger partial charge in [0.2, 0.25) is 0 Å². The van der Waals surface area contributed by atoms with Gasteiger partial charge in [0, 0.05) is 25.2 Å². The second kappa shape index (κ2) is 15.7. The molecule has 1 fully saturated rings. The third-order valence-electron chi connectivity index (χ3n) is 9.77.